The Balaban J connectivity index is 1.46. The molecule has 6 aliphatic rings. The summed E-state index contributed by atoms with van der Waals surface area (Å²) < 4.78 is 18.9. The molecule has 0 amide bonds. The van der Waals surface area contributed by atoms with E-state index in [4.69, 9.17) is 14.2 Å². The maximum Gasteiger partial charge on any atom is 0.310 e. The Morgan fingerprint density at radius 2 is 1.61 bits per heavy atom. The van der Waals surface area contributed by atoms with Crippen molar-refractivity contribution < 1.29 is 28.9 Å². The van der Waals surface area contributed by atoms with Gasteiger partial charge in [0.25, 0.3) is 0 Å². The summed E-state index contributed by atoms with van der Waals surface area (Å²) >= 11 is 0. The number of carbonyl (C=O) groups is 2. The fraction of sp³-hybridized carbons (Fsp3) is 0.886. The lowest BCUT2D eigenvalue weighted by molar-refractivity contribution is -0.308. The molecule has 3 unspecified atom stereocenters. The Labute approximate surface area is 247 Å². The van der Waals surface area contributed by atoms with Gasteiger partial charge in [0.05, 0.1) is 18.6 Å². The summed E-state index contributed by atoms with van der Waals surface area (Å²) in [6, 6.07) is 0. The SMILES string of the molecule is CCC(=O)OC[C@@]12CC[C@@]3(C(=O)O)CCC(C)(C)CC3C1=CCC1[C@@]3(C)CCC4(OCCO4)C(C)(C)C3CC[C@]12C. The van der Waals surface area contributed by atoms with Gasteiger partial charge in [0.1, 0.15) is 6.61 Å². The first-order valence-corrected chi connectivity index (χ1v) is 16.5. The molecule has 6 heteroatoms. The van der Waals surface area contributed by atoms with Crippen LogP contribution in [0.15, 0.2) is 11.6 Å². The van der Waals surface area contributed by atoms with Gasteiger partial charge in [0.2, 0.25) is 0 Å². The molecule has 0 radical (unpaired) electrons. The summed E-state index contributed by atoms with van der Waals surface area (Å²) in [7, 11) is 0. The number of carboxylic acid groups (broad SMARTS) is 1. The van der Waals surface area contributed by atoms with Gasteiger partial charge in [0.15, 0.2) is 5.79 Å². The highest BCUT2D eigenvalue weighted by atomic mass is 16.7. The van der Waals surface area contributed by atoms with Crippen molar-refractivity contribution in [2.24, 2.45) is 50.2 Å². The van der Waals surface area contributed by atoms with E-state index < -0.39 is 17.2 Å². The second kappa shape index (κ2) is 9.30. The lowest BCUT2D eigenvalue weighted by Gasteiger charge is -2.72. The molecule has 4 saturated carbocycles. The molecule has 1 heterocycles. The molecule has 6 rings (SSSR count). The van der Waals surface area contributed by atoms with Crippen molar-refractivity contribution in [3.05, 3.63) is 11.6 Å². The van der Waals surface area contributed by atoms with E-state index in [9.17, 15) is 14.7 Å². The highest BCUT2D eigenvalue weighted by molar-refractivity contribution is 5.77. The predicted molar refractivity (Wildman–Crippen MR) is 157 cm³/mol. The van der Waals surface area contributed by atoms with Crippen LogP contribution in [0.4, 0.5) is 0 Å². The summed E-state index contributed by atoms with van der Waals surface area (Å²) in [6.07, 6.45) is 11.9. The second-order valence-electron chi connectivity index (χ2n) is 16.6. The van der Waals surface area contributed by atoms with Crippen LogP contribution in [0.5, 0.6) is 0 Å². The van der Waals surface area contributed by atoms with Crippen LogP contribution in [-0.2, 0) is 23.8 Å². The van der Waals surface area contributed by atoms with Gasteiger partial charge in [-0.1, -0.05) is 60.1 Å². The van der Waals surface area contributed by atoms with Crippen molar-refractivity contribution >= 4 is 11.9 Å². The third-order valence-electron chi connectivity index (χ3n) is 14.4. The third kappa shape index (κ3) is 3.80. The molecular formula is C35H54O6. The number of rotatable bonds is 4. The van der Waals surface area contributed by atoms with Crippen molar-refractivity contribution in [1.82, 2.24) is 0 Å². The zero-order chi connectivity index (χ0) is 29.7. The molecule has 5 aliphatic carbocycles. The van der Waals surface area contributed by atoms with Crippen molar-refractivity contribution in [3.63, 3.8) is 0 Å². The fourth-order valence-electron chi connectivity index (χ4n) is 11.9. The highest BCUT2D eigenvalue weighted by Crippen LogP contribution is 2.77. The number of fused-ring (bicyclic) bond motifs is 7. The van der Waals surface area contributed by atoms with E-state index in [-0.39, 0.29) is 39.0 Å². The Bertz CT molecular complexity index is 1130. The molecule has 1 aliphatic heterocycles. The van der Waals surface area contributed by atoms with Gasteiger partial charge in [-0.15, -0.1) is 0 Å². The average molecular weight is 571 g/mol. The molecule has 0 aromatic rings. The first-order chi connectivity index (χ1) is 19.1. The molecule has 5 fully saturated rings. The molecule has 0 aromatic heterocycles. The van der Waals surface area contributed by atoms with E-state index in [1.54, 1.807) is 0 Å². The van der Waals surface area contributed by atoms with Crippen molar-refractivity contribution in [3.8, 4) is 0 Å². The van der Waals surface area contributed by atoms with Gasteiger partial charge in [-0.2, -0.15) is 0 Å². The lowest BCUT2D eigenvalue weighted by Crippen LogP contribution is -2.68. The van der Waals surface area contributed by atoms with Gasteiger partial charge >= 0.3 is 11.9 Å². The lowest BCUT2D eigenvalue weighted by atomic mass is 9.33. The first-order valence-electron chi connectivity index (χ1n) is 16.5. The van der Waals surface area contributed by atoms with Crippen LogP contribution >= 0.6 is 0 Å². The van der Waals surface area contributed by atoms with Gasteiger partial charge < -0.3 is 19.3 Å². The van der Waals surface area contributed by atoms with E-state index >= 15 is 0 Å². The standard InChI is InChI=1S/C35H54O6/c1-8-27(36)39-22-34-17-16-33(28(37)38)15-13-29(2,3)21-24(33)23(34)9-10-26-31(6)14-18-35(40-19-20-41-35)30(4,5)25(31)11-12-32(26,34)7/h9,24-26H,8,10-22H2,1-7H3,(H,37,38)/t24?,25?,26?,31-,32+,33-,34-/m0/s1. The maximum atomic E-state index is 13.1. The molecule has 41 heavy (non-hydrogen) atoms. The molecule has 230 valence electrons. The molecule has 0 bridgehead atoms. The number of ether oxygens (including phenoxy) is 3. The number of aliphatic carboxylic acids is 1. The number of carbonyl (C=O) groups excluding carboxylic acids is 1. The maximum absolute atomic E-state index is 13.1. The summed E-state index contributed by atoms with van der Waals surface area (Å²) in [6.45, 7) is 18.0. The minimum absolute atomic E-state index is 0.00696. The van der Waals surface area contributed by atoms with E-state index in [0.29, 0.717) is 44.5 Å². The Morgan fingerprint density at radius 3 is 2.27 bits per heavy atom. The van der Waals surface area contributed by atoms with Crippen molar-refractivity contribution in [2.75, 3.05) is 19.8 Å². The van der Waals surface area contributed by atoms with Crippen LogP contribution in [0.25, 0.3) is 0 Å². The monoisotopic (exact) mass is 570 g/mol. The van der Waals surface area contributed by atoms with Gasteiger partial charge in [-0.3, -0.25) is 9.59 Å². The zero-order valence-corrected chi connectivity index (χ0v) is 26.7. The highest BCUT2D eigenvalue weighted by Gasteiger charge is 2.73. The average Bonchev–Trinajstić information content (AvgIpc) is 3.40. The van der Waals surface area contributed by atoms with E-state index in [1.165, 1.54) is 5.57 Å². The van der Waals surface area contributed by atoms with Crippen LogP contribution in [0, 0.1) is 50.2 Å². The number of allylic oxidation sites excluding steroid dienone is 1. The zero-order valence-electron chi connectivity index (χ0n) is 26.7. The van der Waals surface area contributed by atoms with Crippen molar-refractivity contribution in [2.45, 2.75) is 125 Å². The summed E-state index contributed by atoms with van der Waals surface area (Å²) in [4.78, 5) is 25.8. The number of hydrogen-bond acceptors (Lipinski definition) is 5. The normalized spacial score (nSPS) is 45.4. The summed E-state index contributed by atoms with van der Waals surface area (Å²) in [5.41, 5.74) is 0.276. The topological polar surface area (TPSA) is 82.1 Å². The van der Waals surface area contributed by atoms with Crippen LogP contribution in [0.1, 0.15) is 119 Å². The molecule has 6 nitrogen and oxygen atoms in total. The first kappa shape index (κ1) is 29.7. The van der Waals surface area contributed by atoms with Gasteiger partial charge in [-0.05, 0) is 91.8 Å². The number of carboxylic acids is 1. The Hall–Kier alpha value is -1.40. The number of esters is 1. The van der Waals surface area contributed by atoms with Crippen LogP contribution in [0.2, 0.25) is 0 Å². The van der Waals surface area contributed by atoms with Crippen LogP contribution in [-0.4, -0.2) is 42.7 Å². The molecule has 1 N–H and O–H groups in total. The Morgan fingerprint density at radius 1 is 0.927 bits per heavy atom. The van der Waals surface area contributed by atoms with Crippen LogP contribution < -0.4 is 0 Å². The van der Waals surface area contributed by atoms with Crippen molar-refractivity contribution in [1.29, 1.82) is 0 Å². The fourth-order valence-corrected chi connectivity index (χ4v) is 11.9. The molecule has 1 saturated heterocycles. The van der Waals surface area contributed by atoms with Gasteiger partial charge in [0, 0.05) is 23.7 Å². The second-order valence-corrected chi connectivity index (χ2v) is 16.6. The summed E-state index contributed by atoms with van der Waals surface area (Å²) in [5, 5.41) is 10.7. The molecule has 7 atom stereocenters. The molecule has 1 spiro atoms. The van der Waals surface area contributed by atoms with E-state index in [2.05, 4.69) is 47.6 Å². The smallest absolute Gasteiger partial charge is 0.310 e. The predicted octanol–water partition coefficient (Wildman–Crippen LogP) is 7.55. The number of hydrogen-bond donors (Lipinski definition) is 1. The van der Waals surface area contributed by atoms with E-state index in [0.717, 1.165) is 57.8 Å². The van der Waals surface area contributed by atoms with Gasteiger partial charge in [-0.25, -0.2) is 0 Å². The third-order valence-corrected chi connectivity index (χ3v) is 14.4. The molecular weight excluding hydrogens is 516 g/mol. The largest absolute Gasteiger partial charge is 0.481 e. The summed E-state index contributed by atoms with van der Waals surface area (Å²) in [5.74, 6) is -0.400. The molecule has 0 aromatic carbocycles. The minimum Gasteiger partial charge on any atom is -0.481 e. The minimum atomic E-state index is -0.708. The van der Waals surface area contributed by atoms with E-state index in [1.807, 2.05) is 6.92 Å². The Kier molecular flexibility index (Phi) is 6.73. The quantitative estimate of drug-likeness (QED) is 0.278. The van der Waals surface area contributed by atoms with Crippen LogP contribution in [0.3, 0.4) is 0 Å².